The predicted octanol–water partition coefficient (Wildman–Crippen LogP) is 4.37. The van der Waals surface area contributed by atoms with Gasteiger partial charge in [-0.15, -0.1) is 0 Å². The Labute approximate surface area is 162 Å². The molecule has 1 aromatic heterocycles. The van der Waals surface area contributed by atoms with Gasteiger partial charge >= 0.3 is 0 Å². The Hall–Kier alpha value is -3.12. The molecule has 0 spiro atoms. The summed E-state index contributed by atoms with van der Waals surface area (Å²) in [6.45, 7) is 3.65. The third-order valence-electron chi connectivity index (χ3n) is 3.86. The van der Waals surface area contributed by atoms with Crippen molar-refractivity contribution < 1.29 is 9.59 Å². The summed E-state index contributed by atoms with van der Waals surface area (Å²) in [5.41, 5.74) is 2.25. The van der Waals surface area contributed by atoms with Gasteiger partial charge < -0.3 is 10.6 Å². The van der Waals surface area contributed by atoms with Crippen LogP contribution in [0.1, 0.15) is 24.3 Å². The number of hydrogen-bond acceptors (Lipinski definition) is 3. The number of hydrogen-bond donors (Lipinski definition) is 2. The Kier molecular flexibility index (Phi) is 5.57. The zero-order valence-corrected chi connectivity index (χ0v) is 15.7. The lowest BCUT2D eigenvalue weighted by Gasteiger charge is -2.09. The number of aromatic nitrogens is 2. The van der Waals surface area contributed by atoms with E-state index in [-0.39, 0.29) is 23.4 Å². The fourth-order valence-corrected chi connectivity index (χ4v) is 2.56. The van der Waals surface area contributed by atoms with Gasteiger partial charge in [0.15, 0.2) is 5.69 Å². The van der Waals surface area contributed by atoms with Crippen LogP contribution in [0.4, 0.5) is 11.4 Å². The van der Waals surface area contributed by atoms with Gasteiger partial charge in [0, 0.05) is 23.5 Å². The molecule has 0 aliphatic rings. The lowest BCUT2D eigenvalue weighted by Crippen LogP contribution is -2.17. The Morgan fingerprint density at radius 2 is 1.59 bits per heavy atom. The van der Waals surface area contributed by atoms with E-state index in [1.165, 1.54) is 0 Å². The van der Waals surface area contributed by atoms with Crippen LogP contribution >= 0.6 is 11.6 Å². The van der Waals surface area contributed by atoms with Gasteiger partial charge in [0.25, 0.3) is 5.91 Å². The predicted molar refractivity (Wildman–Crippen MR) is 106 cm³/mol. The van der Waals surface area contributed by atoms with Gasteiger partial charge in [0.05, 0.1) is 10.7 Å². The maximum atomic E-state index is 12.4. The second-order valence-electron chi connectivity index (χ2n) is 6.27. The van der Waals surface area contributed by atoms with Crippen molar-refractivity contribution >= 4 is 34.8 Å². The van der Waals surface area contributed by atoms with Crippen molar-refractivity contribution in [2.45, 2.75) is 13.8 Å². The summed E-state index contributed by atoms with van der Waals surface area (Å²) in [6.07, 6.45) is 1.68. The van der Waals surface area contributed by atoms with Crippen molar-refractivity contribution in [2.75, 3.05) is 10.6 Å². The second kappa shape index (κ2) is 8.05. The first-order valence-electron chi connectivity index (χ1n) is 8.47. The van der Waals surface area contributed by atoms with Gasteiger partial charge in [-0.25, -0.2) is 4.68 Å². The van der Waals surface area contributed by atoms with E-state index in [9.17, 15) is 9.59 Å². The minimum absolute atomic E-state index is 0.0584. The monoisotopic (exact) mass is 382 g/mol. The Bertz CT molecular complexity index is 964. The zero-order chi connectivity index (χ0) is 19.4. The molecule has 2 amide bonds. The molecule has 138 valence electrons. The van der Waals surface area contributed by atoms with Crippen LogP contribution in [-0.2, 0) is 4.79 Å². The smallest absolute Gasteiger partial charge is 0.276 e. The van der Waals surface area contributed by atoms with E-state index in [0.29, 0.717) is 22.1 Å². The normalized spacial score (nSPS) is 10.7. The Balaban J connectivity index is 1.67. The first-order chi connectivity index (χ1) is 12.9. The van der Waals surface area contributed by atoms with E-state index in [0.717, 1.165) is 0 Å². The number of nitrogens with one attached hydrogen (secondary N) is 2. The van der Waals surface area contributed by atoms with Crippen LogP contribution in [0.15, 0.2) is 60.8 Å². The lowest BCUT2D eigenvalue weighted by atomic mass is 10.2. The van der Waals surface area contributed by atoms with E-state index in [1.54, 1.807) is 47.3 Å². The van der Waals surface area contributed by atoms with Crippen LogP contribution in [0, 0.1) is 5.92 Å². The summed E-state index contributed by atoms with van der Waals surface area (Å²) >= 11 is 6.16. The Morgan fingerprint density at radius 1 is 0.963 bits per heavy atom. The highest BCUT2D eigenvalue weighted by molar-refractivity contribution is 6.32. The van der Waals surface area contributed by atoms with Crippen LogP contribution in [0.5, 0.6) is 0 Å². The van der Waals surface area contributed by atoms with Gasteiger partial charge in [-0.2, -0.15) is 5.10 Å². The number of nitrogens with zero attached hydrogens (tertiary/aromatic N) is 2. The molecule has 0 aliphatic carbocycles. The first-order valence-corrected chi connectivity index (χ1v) is 8.84. The molecule has 0 bridgehead atoms. The molecule has 1 heterocycles. The molecule has 0 aliphatic heterocycles. The quantitative estimate of drug-likeness (QED) is 0.687. The SMILES string of the molecule is CC(C)C(=O)Nc1ccc(NC(=O)c2ccn(-c3ccccc3Cl)n2)cc1. The lowest BCUT2D eigenvalue weighted by molar-refractivity contribution is -0.118. The minimum Gasteiger partial charge on any atom is -0.326 e. The largest absolute Gasteiger partial charge is 0.326 e. The molecular weight excluding hydrogens is 364 g/mol. The average Bonchev–Trinajstić information content (AvgIpc) is 3.13. The van der Waals surface area contributed by atoms with Crippen molar-refractivity contribution in [3.05, 3.63) is 71.5 Å². The summed E-state index contributed by atoms with van der Waals surface area (Å²) in [5, 5.41) is 10.4. The molecular formula is C20H19ClN4O2. The van der Waals surface area contributed by atoms with Gasteiger partial charge in [0.1, 0.15) is 0 Å². The molecule has 0 atom stereocenters. The summed E-state index contributed by atoms with van der Waals surface area (Å²) < 4.78 is 1.56. The molecule has 0 radical (unpaired) electrons. The van der Waals surface area contributed by atoms with E-state index < -0.39 is 0 Å². The number of carbonyl (C=O) groups excluding carboxylic acids is 2. The van der Waals surface area contributed by atoms with Crippen molar-refractivity contribution in [1.29, 1.82) is 0 Å². The molecule has 2 N–H and O–H groups in total. The van der Waals surface area contributed by atoms with Gasteiger partial charge in [-0.1, -0.05) is 37.6 Å². The Morgan fingerprint density at radius 3 is 2.22 bits per heavy atom. The molecule has 27 heavy (non-hydrogen) atoms. The second-order valence-corrected chi connectivity index (χ2v) is 6.68. The molecule has 2 aromatic carbocycles. The number of anilines is 2. The molecule has 6 nitrogen and oxygen atoms in total. The molecule has 0 saturated heterocycles. The van der Waals surface area contributed by atoms with Gasteiger partial charge in [0.2, 0.25) is 5.91 Å². The number of para-hydroxylation sites is 1. The number of halogens is 1. The van der Waals surface area contributed by atoms with Crippen LogP contribution in [-0.4, -0.2) is 21.6 Å². The van der Waals surface area contributed by atoms with Crippen LogP contribution in [0.3, 0.4) is 0 Å². The number of carbonyl (C=O) groups is 2. The van der Waals surface area contributed by atoms with Crippen LogP contribution in [0.25, 0.3) is 5.69 Å². The maximum absolute atomic E-state index is 12.4. The summed E-state index contributed by atoms with van der Waals surface area (Å²) in [4.78, 5) is 24.1. The fraction of sp³-hybridized carbons (Fsp3) is 0.150. The molecule has 3 rings (SSSR count). The molecule has 0 fully saturated rings. The summed E-state index contributed by atoms with van der Waals surface area (Å²) in [6, 6.07) is 15.8. The van der Waals surface area contributed by atoms with Crippen LogP contribution in [0.2, 0.25) is 5.02 Å². The minimum atomic E-state index is -0.334. The maximum Gasteiger partial charge on any atom is 0.276 e. The molecule has 7 heteroatoms. The van der Waals surface area contributed by atoms with E-state index >= 15 is 0 Å². The third kappa shape index (κ3) is 4.54. The first kappa shape index (κ1) is 18.7. The van der Waals surface area contributed by atoms with Gasteiger partial charge in [-0.3, -0.25) is 9.59 Å². The topological polar surface area (TPSA) is 76.0 Å². The molecule has 0 saturated carbocycles. The highest BCUT2D eigenvalue weighted by Crippen LogP contribution is 2.20. The van der Waals surface area contributed by atoms with E-state index in [4.69, 9.17) is 11.6 Å². The highest BCUT2D eigenvalue weighted by atomic mass is 35.5. The molecule has 3 aromatic rings. The van der Waals surface area contributed by atoms with E-state index in [1.807, 2.05) is 32.0 Å². The van der Waals surface area contributed by atoms with Gasteiger partial charge in [-0.05, 0) is 42.5 Å². The summed E-state index contributed by atoms with van der Waals surface area (Å²) in [7, 11) is 0. The van der Waals surface area contributed by atoms with Crippen molar-refractivity contribution in [3.63, 3.8) is 0 Å². The standard InChI is InChI=1S/C20H19ClN4O2/c1-13(2)19(26)22-14-7-9-15(10-8-14)23-20(27)17-11-12-25(24-17)18-6-4-3-5-16(18)21/h3-13H,1-2H3,(H,22,26)(H,23,27). The number of benzene rings is 2. The van der Waals surface area contributed by atoms with Crippen molar-refractivity contribution in [3.8, 4) is 5.69 Å². The average molecular weight is 383 g/mol. The third-order valence-corrected chi connectivity index (χ3v) is 4.18. The fourth-order valence-electron chi connectivity index (χ4n) is 2.34. The zero-order valence-electron chi connectivity index (χ0n) is 14.9. The number of amides is 2. The number of rotatable bonds is 5. The van der Waals surface area contributed by atoms with E-state index in [2.05, 4.69) is 15.7 Å². The molecule has 0 unspecified atom stereocenters. The van der Waals surface area contributed by atoms with Crippen molar-refractivity contribution in [2.24, 2.45) is 5.92 Å². The summed E-state index contributed by atoms with van der Waals surface area (Å²) in [5.74, 6) is -0.491. The highest BCUT2D eigenvalue weighted by Gasteiger charge is 2.12. The van der Waals surface area contributed by atoms with Crippen LogP contribution < -0.4 is 10.6 Å². The van der Waals surface area contributed by atoms with Crippen molar-refractivity contribution in [1.82, 2.24) is 9.78 Å².